The molecule has 6 heteroatoms. The van der Waals surface area contributed by atoms with Crippen molar-refractivity contribution in [2.24, 2.45) is 10.9 Å². The summed E-state index contributed by atoms with van der Waals surface area (Å²) in [5.41, 5.74) is 8.44. The third-order valence-corrected chi connectivity index (χ3v) is 2.46. The summed E-state index contributed by atoms with van der Waals surface area (Å²) in [6, 6.07) is 11.6. The van der Waals surface area contributed by atoms with Crippen LogP contribution in [0.2, 0.25) is 0 Å². The van der Waals surface area contributed by atoms with Gasteiger partial charge in [-0.15, -0.1) is 0 Å². The molecule has 0 saturated carbocycles. The average Bonchev–Trinajstić information content (AvgIpc) is 2.38. The Kier molecular flexibility index (Phi) is 4.49. The smallest absolute Gasteiger partial charge is 0.237 e. The summed E-state index contributed by atoms with van der Waals surface area (Å²) in [6.07, 6.45) is 0. The second kappa shape index (κ2) is 6.51. The van der Waals surface area contributed by atoms with Crippen molar-refractivity contribution in [2.75, 3.05) is 5.32 Å². The van der Waals surface area contributed by atoms with Crippen molar-refractivity contribution in [2.45, 2.75) is 20.5 Å². The van der Waals surface area contributed by atoms with Crippen LogP contribution in [0.5, 0.6) is 0 Å². The van der Waals surface area contributed by atoms with E-state index < -0.39 is 0 Å². The van der Waals surface area contributed by atoms with Crippen LogP contribution in [0.3, 0.4) is 0 Å². The lowest BCUT2D eigenvalue weighted by molar-refractivity contribution is 0.130. The van der Waals surface area contributed by atoms with Crippen molar-refractivity contribution < 1.29 is 4.84 Å². The summed E-state index contributed by atoms with van der Waals surface area (Å²) >= 11 is 0. The van der Waals surface area contributed by atoms with Gasteiger partial charge in [0.1, 0.15) is 6.61 Å². The van der Waals surface area contributed by atoms with Crippen LogP contribution in [0, 0.1) is 13.8 Å². The number of rotatable bonds is 4. The van der Waals surface area contributed by atoms with Gasteiger partial charge in [-0.2, -0.15) is 0 Å². The van der Waals surface area contributed by atoms with Gasteiger partial charge < -0.3 is 10.6 Å². The van der Waals surface area contributed by atoms with Crippen LogP contribution < -0.4 is 11.1 Å². The van der Waals surface area contributed by atoms with Crippen LogP contribution in [0.4, 0.5) is 5.95 Å². The van der Waals surface area contributed by atoms with Crippen LogP contribution >= 0.6 is 0 Å². The fraction of sp³-hybridized carbons (Fsp3) is 0.214. The number of aryl methyl sites for hydroxylation is 2. The monoisotopic (exact) mass is 271 g/mol. The molecule has 0 unspecified atom stereocenters. The van der Waals surface area contributed by atoms with Crippen molar-refractivity contribution in [1.29, 1.82) is 0 Å². The Morgan fingerprint density at radius 2 is 1.85 bits per heavy atom. The SMILES string of the molecule is Cc1cc(C)nc(N/C(N)=N\OCc2ccccc2)n1. The van der Waals surface area contributed by atoms with Crippen LogP contribution in [0.25, 0.3) is 0 Å². The Bertz CT molecular complexity index is 578. The van der Waals surface area contributed by atoms with Crippen LogP contribution in [-0.4, -0.2) is 15.9 Å². The highest BCUT2D eigenvalue weighted by molar-refractivity contribution is 5.90. The number of guanidine groups is 1. The van der Waals surface area contributed by atoms with E-state index in [1.165, 1.54) is 0 Å². The van der Waals surface area contributed by atoms with Crippen LogP contribution in [-0.2, 0) is 11.4 Å². The summed E-state index contributed by atoms with van der Waals surface area (Å²) in [6.45, 7) is 4.13. The molecule has 2 aromatic rings. The molecule has 2 rings (SSSR count). The molecule has 1 heterocycles. The lowest BCUT2D eigenvalue weighted by Crippen LogP contribution is -2.24. The minimum atomic E-state index is 0.117. The third-order valence-electron chi connectivity index (χ3n) is 2.46. The molecule has 0 bridgehead atoms. The number of nitrogens with one attached hydrogen (secondary N) is 1. The Hall–Kier alpha value is -2.63. The molecule has 0 aliphatic rings. The third kappa shape index (κ3) is 4.24. The molecule has 0 aliphatic carbocycles. The minimum Gasteiger partial charge on any atom is -0.388 e. The largest absolute Gasteiger partial charge is 0.388 e. The van der Waals surface area contributed by atoms with Crippen molar-refractivity contribution in [3.63, 3.8) is 0 Å². The van der Waals surface area contributed by atoms with E-state index in [0.717, 1.165) is 17.0 Å². The highest BCUT2D eigenvalue weighted by Crippen LogP contribution is 2.04. The number of oxime groups is 1. The molecule has 0 fully saturated rings. The van der Waals surface area contributed by atoms with Gasteiger partial charge in [0.05, 0.1) is 0 Å². The normalized spacial score (nSPS) is 11.2. The van der Waals surface area contributed by atoms with Gasteiger partial charge in [-0.3, -0.25) is 5.32 Å². The maximum atomic E-state index is 5.70. The first-order chi connectivity index (χ1) is 9.63. The fourth-order valence-corrected chi connectivity index (χ4v) is 1.67. The summed E-state index contributed by atoms with van der Waals surface area (Å²) in [5, 5.41) is 6.57. The van der Waals surface area contributed by atoms with Gasteiger partial charge in [0, 0.05) is 11.4 Å². The van der Waals surface area contributed by atoms with Crippen molar-refractivity contribution in [1.82, 2.24) is 9.97 Å². The average molecular weight is 271 g/mol. The Balaban J connectivity index is 1.90. The number of benzene rings is 1. The highest BCUT2D eigenvalue weighted by atomic mass is 16.6. The molecule has 20 heavy (non-hydrogen) atoms. The molecule has 1 aromatic heterocycles. The van der Waals surface area contributed by atoms with E-state index in [1.54, 1.807) is 0 Å². The van der Waals surface area contributed by atoms with Crippen molar-refractivity contribution >= 4 is 11.9 Å². The van der Waals surface area contributed by atoms with Gasteiger partial charge in [-0.05, 0) is 30.6 Å². The van der Waals surface area contributed by atoms with Crippen LogP contribution in [0.1, 0.15) is 17.0 Å². The van der Waals surface area contributed by atoms with Gasteiger partial charge in [0.2, 0.25) is 11.9 Å². The highest BCUT2D eigenvalue weighted by Gasteiger charge is 2.01. The molecule has 3 N–H and O–H groups in total. The number of anilines is 1. The maximum Gasteiger partial charge on any atom is 0.237 e. The second-order valence-corrected chi connectivity index (χ2v) is 4.33. The summed E-state index contributed by atoms with van der Waals surface area (Å²) in [7, 11) is 0. The molecule has 0 aliphatic heterocycles. The van der Waals surface area contributed by atoms with E-state index >= 15 is 0 Å². The standard InChI is InChI=1S/C14H17N5O/c1-10-8-11(2)17-14(16-10)18-13(15)19-20-9-12-6-4-3-5-7-12/h3-8H,9H2,1-2H3,(H3,15,16,17,18,19). The van der Waals surface area contributed by atoms with E-state index in [2.05, 4.69) is 20.4 Å². The topological polar surface area (TPSA) is 85.4 Å². The Morgan fingerprint density at radius 3 is 2.50 bits per heavy atom. The number of aromatic nitrogens is 2. The molecule has 0 spiro atoms. The maximum absolute atomic E-state index is 5.70. The van der Waals surface area contributed by atoms with E-state index in [9.17, 15) is 0 Å². The molecular formula is C14H17N5O. The molecular weight excluding hydrogens is 254 g/mol. The Morgan fingerprint density at radius 1 is 1.20 bits per heavy atom. The molecule has 0 radical (unpaired) electrons. The van der Waals surface area contributed by atoms with Gasteiger partial charge in [0.25, 0.3) is 0 Å². The first-order valence-corrected chi connectivity index (χ1v) is 6.22. The molecule has 0 atom stereocenters. The zero-order valence-electron chi connectivity index (χ0n) is 11.5. The van der Waals surface area contributed by atoms with E-state index in [-0.39, 0.29) is 5.96 Å². The van der Waals surface area contributed by atoms with Gasteiger partial charge >= 0.3 is 0 Å². The molecule has 104 valence electrons. The second-order valence-electron chi connectivity index (χ2n) is 4.33. The molecule has 6 nitrogen and oxygen atoms in total. The molecule has 1 aromatic carbocycles. The number of nitrogens with two attached hydrogens (primary N) is 1. The first kappa shape index (κ1) is 13.8. The van der Waals surface area contributed by atoms with E-state index in [4.69, 9.17) is 10.6 Å². The minimum absolute atomic E-state index is 0.117. The predicted molar refractivity (Wildman–Crippen MR) is 78.0 cm³/mol. The number of nitrogens with zero attached hydrogens (tertiary/aromatic N) is 3. The first-order valence-electron chi connectivity index (χ1n) is 6.22. The predicted octanol–water partition coefficient (Wildman–Crippen LogP) is 1.95. The molecule has 0 amide bonds. The van der Waals surface area contributed by atoms with E-state index in [0.29, 0.717) is 12.6 Å². The number of hydrogen-bond donors (Lipinski definition) is 2. The van der Waals surface area contributed by atoms with Gasteiger partial charge in [0.15, 0.2) is 0 Å². The van der Waals surface area contributed by atoms with Gasteiger partial charge in [-0.25, -0.2) is 9.97 Å². The Labute approximate surface area is 117 Å². The zero-order valence-corrected chi connectivity index (χ0v) is 11.5. The molecule has 0 saturated heterocycles. The van der Waals surface area contributed by atoms with Crippen LogP contribution in [0.15, 0.2) is 41.6 Å². The summed E-state index contributed by atoms with van der Waals surface area (Å²) in [4.78, 5) is 13.6. The number of hydrogen-bond acceptors (Lipinski definition) is 4. The van der Waals surface area contributed by atoms with Crippen molar-refractivity contribution in [3.8, 4) is 0 Å². The summed E-state index contributed by atoms with van der Waals surface area (Å²) < 4.78 is 0. The fourth-order valence-electron chi connectivity index (χ4n) is 1.67. The summed E-state index contributed by atoms with van der Waals surface area (Å²) in [5.74, 6) is 0.526. The van der Waals surface area contributed by atoms with Crippen molar-refractivity contribution in [3.05, 3.63) is 53.3 Å². The quantitative estimate of drug-likeness (QED) is 0.504. The van der Waals surface area contributed by atoms with E-state index in [1.807, 2.05) is 50.2 Å². The lowest BCUT2D eigenvalue weighted by atomic mass is 10.2. The van der Waals surface area contributed by atoms with Gasteiger partial charge in [-0.1, -0.05) is 30.3 Å². The zero-order chi connectivity index (χ0) is 14.4. The lowest BCUT2D eigenvalue weighted by Gasteiger charge is -2.05.